The Kier molecular flexibility index (Phi) is 5.82. The molecule has 0 fully saturated rings. The normalized spacial score (nSPS) is 12.5. The Hall–Kier alpha value is -2.69. The van der Waals surface area contributed by atoms with Crippen LogP contribution in [0.1, 0.15) is 12.5 Å². The van der Waals surface area contributed by atoms with Gasteiger partial charge in [0.05, 0.1) is 15.8 Å². The van der Waals surface area contributed by atoms with E-state index in [2.05, 4.69) is 15.5 Å². The van der Waals surface area contributed by atoms with Crippen molar-refractivity contribution in [1.82, 2.24) is 14.8 Å². The minimum atomic E-state index is -3.77. The largest absolute Gasteiger partial charge is 0.325 e. The summed E-state index contributed by atoms with van der Waals surface area (Å²) in [7, 11) is -3.77. The van der Waals surface area contributed by atoms with Crippen LogP contribution in [0.25, 0.3) is 5.69 Å². The smallest absolute Gasteiger partial charge is 0.238 e. The molecular formula is C18H19N5O3S2. The van der Waals surface area contributed by atoms with Gasteiger partial charge in [-0.25, -0.2) is 13.6 Å². The summed E-state index contributed by atoms with van der Waals surface area (Å²) in [4.78, 5) is 12.5. The maximum absolute atomic E-state index is 12.5. The molecule has 1 aromatic heterocycles. The van der Waals surface area contributed by atoms with Crippen molar-refractivity contribution in [2.24, 2.45) is 5.14 Å². The van der Waals surface area contributed by atoms with Crippen molar-refractivity contribution in [3.8, 4) is 5.69 Å². The number of hydrogen-bond acceptors (Lipinski definition) is 6. The van der Waals surface area contributed by atoms with E-state index in [4.69, 9.17) is 5.14 Å². The highest BCUT2D eigenvalue weighted by molar-refractivity contribution is 8.00. The molecule has 3 aromatic rings. The molecule has 1 amide bonds. The van der Waals surface area contributed by atoms with Crippen LogP contribution in [-0.4, -0.2) is 34.3 Å². The van der Waals surface area contributed by atoms with Crippen molar-refractivity contribution in [3.05, 3.63) is 60.4 Å². The van der Waals surface area contributed by atoms with E-state index in [1.807, 2.05) is 35.8 Å². The second-order valence-corrected chi connectivity index (χ2v) is 8.96. The maximum atomic E-state index is 12.5. The van der Waals surface area contributed by atoms with Gasteiger partial charge in [0.1, 0.15) is 6.33 Å². The van der Waals surface area contributed by atoms with Gasteiger partial charge in [-0.2, -0.15) is 0 Å². The van der Waals surface area contributed by atoms with Crippen LogP contribution in [0.4, 0.5) is 5.69 Å². The molecule has 3 rings (SSSR count). The maximum Gasteiger partial charge on any atom is 0.238 e. The first-order valence-corrected chi connectivity index (χ1v) is 10.7. The molecule has 0 bridgehead atoms. The SMILES string of the molecule is Cc1ccccc1-n1cnnc1S[C@H](C)C(=O)Nc1ccc(S(N)(=O)=O)cc1. The monoisotopic (exact) mass is 417 g/mol. The fourth-order valence-electron chi connectivity index (χ4n) is 2.49. The first kappa shape index (κ1) is 20.1. The van der Waals surface area contributed by atoms with Crippen LogP contribution in [0.2, 0.25) is 0 Å². The number of amides is 1. The van der Waals surface area contributed by atoms with Gasteiger partial charge in [0.25, 0.3) is 0 Å². The first-order valence-electron chi connectivity index (χ1n) is 8.32. The summed E-state index contributed by atoms with van der Waals surface area (Å²) in [6, 6.07) is 13.5. The molecule has 0 aliphatic heterocycles. The van der Waals surface area contributed by atoms with Crippen molar-refractivity contribution >= 4 is 33.4 Å². The lowest BCUT2D eigenvalue weighted by Gasteiger charge is -2.13. The topological polar surface area (TPSA) is 120 Å². The van der Waals surface area contributed by atoms with Crippen molar-refractivity contribution in [3.63, 3.8) is 0 Å². The number of anilines is 1. The molecule has 28 heavy (non-hydrogen) atoms. The third-order valence-corrected chi connectivity index (χ3v) is 5.98. The summed E-state index contributed by atoms with van der Waals surface area (Å²) in [5.74, 6) is -0.243. The molecule has 3 N–H and O–H groups in total. The number of carbonyl (C=O) groups is 1. The van der Waals surface area contributed by atoms with E-state index in [1.54, 1.807) is 13.3 Å². The Morgan fingerprint density at radius 2 is 1.86 bits per heavy atom. The standard InChI is InChI=1S/C18H19N5O3S2/c1-12-5-3-4-6-16(12)23-11-20-22-18(23)27-13(2)17(24)21-14-7-9-15(10-8-14)28(19,25)26/h3-11,13H,1-2H3,(H,21,24)(H2,19,25,26)/t13-/m1/s1. The molecule has 0 radical (unpaired) electrons. The van der Waals surface area contributed by atoms with Gasteiger partial charge in [0.2, 0.25) is 15.9 Å². The van der Waals surface area contributed by atoms with E-state index in [-0.39, 0.29) is 10.8 Å². The zero-order valence-corrected chi connectivity index (χ0v) is 16.9. The molecule has 0 aliphatic rings. The third kappa shape index (κ3) is 4.58. The van der Waals surface area contributed by atoms with E-state index in [0.717, 1.165) is 11.3 Å². The van der Waals surface area contributed by atoms with Gasteiger partial charge in [0.15, 0.2) is 5.16 Å². The second-order valence-electron chi connectivity index (χ2n) is 6.09. The number of thioether (sulfide) groups is 1. The molecule has 10 heteroatoms. The number of nitrogens with zero attached hydrogens (tertiary/aromatic N) is 3. The van der Waals surface area contributed by atoms with E-state index in [9.17, 15) is 13.2 Å². The van der Waals surface area contributed by atoms with Crippen LogP contribution in [0.15, 0.2) is 64.9 Å². The fraction of sp³-hybridized carbons (Fsp3) is 0.167. The van der Waals surface area contributed by atoms with Crippen molar-refractivity contribution < 1.29 is 13.2 Å². The second kappa shape index (κ2) is 8.13. The Balaban J connectivity index is 1.70. The summed E-state index contributed by atoms with van der Waals surface area (Å²) < 4.78 is 24.4. The molecule has 1 atom stereocenters. The lowest BCUT2D eigenvalue weighted by Crippen LogP contribution is -2.23. The minimum Gasteiger partial charge on any atom is -0.325 e. The zero-order valence-electron chi connectivity index (χ0n) is 15.2. The summed E-state index contributed by atoms with van der Waals surface area (Å²) >= 11 is 1.28. The number of benzene rings is 2. The van der Waals surface area contributed by atoms with Crippen molar-refractivity contribution in [1.29, 1.82) is 0 Å². The molecule has 8 nitrogen and oxygen atoms in total. The Labute approximate surface area is 167 Å². The number of hydrogen-bond donors (Lipinski definition) is 2. The molecule has 0 saturated heterocycles. The number of primary sulfonamides is 1. The van der Waals surface area contributed by atoms with Gasteiger partial charge in [-0.05, 0) is 49.7 Å². The molecule has 0 unspecified atom stereocenters. The van der Waals surface area contributed by atoms with Crippen LogP contribution >= 0.6 is 11.8 Å². The molecule has 1 heterocycles. The average molecular weight is 418 g/mol. The minimum absolute atomic E-state index is 0.0146. The Morgan fingerprint density at radius 3 is 2.50 bits per heavy atom. The highest BCUT2D eigenvalue weighted by Gasteiger charge is 2.19. The number of carbonyl (C=O) groups excluding carboxylic acids is 1. The van der Waals surface area contributed by atoms with Crippen molar-refractivity contribution in [2.45, 2.75) is 29.1 Å². The predicted octanol–water partition coefficient (Wildman–Crippen LogP) is 2.34. The van der Waals surface area contributed by atoms with Gasteiger partial charge in [-0.1, -0.05) is 30.0 Å². The molecular weight excluding hydrogens is 398 g/mol. The predicted molar refractivity (Wildman–Crippen MR) is 108 cm³/mol. The zero-order chi connectivity index (χ0) is 20.3. The first-order chi connectivity index (χ1) is 13.3. The molecule has 0 saturated carbocycles. The van der Waals surface area contributed by atoms with E-state index in [0.29, 0.717) is 10.8 Å². The van der Waals surface area contributed by atoms with E-state index >= 15 is 0 Å². The van der Waals surface area contributed by atoms with Crippen LogP contribution in [-0.2, 0) is 14.8 Å². The number of nitrogens with two attached hydrogens (primary N) is 1. The van der Waals surface area contributed by atoms with E-state index < -0.39 is 15.3 Å². The lowest BCUT2D eigenvalue weighted by atomic mass is 10.2. The fourth-order valence-corrected chi connectivity index (χ4v) is 3.84. The summed E-state index contributed by atoms with van der Waals surface area (Å²) in [5.41, 5.74) is 2.49. The van der Waals surface area contributed by atoms with Crippen LogP contribution in [0.3, 0.4) is 0 Å². The number of aryl methyl sites for hydroxylation is 1. The van der Waals surface area contributed by atoms with Gasteiger partial charge < -0.3 is 5.32 Å². The molecule has 0 aliphatic carbocycles. The van der Waals surface area contributed by atoms with Gasteiger partial charge in [-0.3, -0.25) is 9.36 Å². The third-order valence-electron chi connectivity index (χ3n) is 3.99. The van der Waals surface area contributed by atoms with Crippen molar-refractivity contribution in [2.75, 3.05) is 5.32 Å². The number of aromatic nitrogens is 3. The summed E-state index contributed by atoms with van der Waals surface area (Å²) in [5, 5.41) is 16.0. The molecule has 0 spiro atoms. The number of nitrogens with one attached hydrogen (secondary N) is 1. The lowest BCUT2D eigenvalue weighted by molar-refractivity contribution is -0.115. The van der Waals surface area contributed by atoms with Gasteiger partial charge >= 0.3 is 0 Å². The average Bonchev–Trinajstić information content (AvgIpc) is 3.09. The summed E-state index contributed by atoms with van der Waals surface area (Å²) in [6.45, 7) is 3.75. The quantitative estimate of drug-likeness (QED) is 0.594. The molecule has 146 valence electrons. The van der Waals surface area contributed by atoms with Gasteiger partial charge in [-0.15, -0.1) is 10.2 Å². The van der Waals surface area contributed by atoms with Crippen LogP contribution in [0, 0.1) is 6.92 Å². The van der Waals surface area contributed by atoms with Gasteiger partial charge in [0, 0.05) is 5.69 Å². The number of rotatable bonds is 6. The Bertz CT molecular complexity index is 1090. The van der Waals surface area contributed by atoms with E-state index in [1.165, 1.54) is 36.0 Å². The van der Waals surface area contributed by atoms with Crippen LogP contribution < -0.4 is 10.5 Å². The van der Waals surface area contributed by atoms with Crippen LogP contribution in [0.5, 0.6) is 0 Å². The highest BCUT2D eigenvalue weighted by atomic mass is 32.2. The highest BCUT2D eigenvalue weighted by Crippen LogP contribution is 2.26. The number of sulfonamides is 1. The molecule has 2 aromatic carbocycles. The Morgan fingerprint density at radius 1 is 1.18 bits per heavy atom. The summed E-state index contributed by atoms with van der Waals surface area (Å²) in [6.07, 6.45) is 1.61. The number of para-hydroxylation sites is 1.